The highest BCUT2D eigenvalue weighted by molar-refractivity contribution is 7.89. The van der Waals surface area contributed by atoms with Crippen molar-refractivity contribution in [2.45, 2.75) is 31.0 Å². The lowest BCUT2D eigenvalue weighted by atomic mass is 10.2. The first-order valence-corrected chi connectivity index (χ1v) is 10.6. The van der Waals surface area contributed by atoms with Crippen LogP contribution in [0.5, 0.6) is 5.75 Å². The summed E-state index contributed by atoms with van der Waals surface area (Å²) in [4.78, 5) is 24.2. The quantitative estimate of drug-likeness (QED) is 0.569. The Morgan fingerprint density at radius 2 is 1.81 bits per heavy atom. The number of hydrogen-bond acceptors (Lipinski definition) is 6. The number of aryl methyl sites for hydroxylation is 1. The minimum atomic E-state index is -4.74. The van der Waals surface area contributed by atoms with E-state index in [1.54, 1.807) is 18.2 Å². The Bertz CT molecular complexity index is 1100. The molecule has 12 heteroatoms. The van der Waals surface area contributed by atoms with Gasteiger partial charge in [-0.25, -0.2) is 17.9 Å². The van der Waals surface area contributed by atoms with E-state index in [1.165, 1.54) is 30.9 Å². The Labute approximate surface area is 182 Å². The van der Waals surface area contributed by atoms with E-state index in [4.69, 9.17) is 9.47 Å². The molecule has 0 saturated carbocycles. The van der Waals surface area contributed by atoms with E-state index < -0.39 is 45.6 Å². The van der Waals surface area contributed by atoms with Gasteiger partial charge in [-0.15, -0.1) is 0 Å². The predicted octanol–water partition coefficient (Wildman–Crippen LogP) is 3.03. The zero-order valence-corrected chi connectivity index (χ0v) is 18.1. The molecule has 2 N–H and O–H groups in total. The van der Waals surface area contributed by atoms with Crippen LogP contribution in [-0.4, -0.2) is 46.2 Å². The molecular formula is C20H21F3N2O6S. The summed E-state index contributed by atoms with van der Waals surface area (Å²) in [6.07, 6.45) is -6.01. The molecule has 0 aliphatic rings. The fraction of sp³-hybridized carbons (Fsp3) is 0.300. The van der Waals surface area contributed by atoms with E-state index in [0.717, 1.165) is 17.7 Å². The van der Waals surface area contributed by atoms with Crippen LogP contribution in [0.2, 0.25) is 0 Å². The number of benzene rings is 2. The van der Waals surface area contributed by atoms with Crippen LogP contribution < -0.4 is 14.8 Å². The van der Waals surface area contributed by atoms with Gasteiger partial charge in [-0.2, -0.15) is 13.2 Å². The summed E-state index contributed by atoms with van der Waals surface area (Å²) < 4.78 is 72.6. The van der Waals surface area contributed by atoms with Crippen LogP contribution in [0.4, 0.5) is 18.9 Å². The Kier molecular flexibility index (Phi) is 7.86. The molecule has 0 spiro atoms. The molecule has 0 bridgehead atoms. The number of sulfonamides is 1. The number of anilines is 1. The van der Waals surface area contributed by atoms with Crippen molar-refractivity contribution in [3.05, 3.63) is 53.6 Å². The molecule has 2 aromatic rings. The SMILES string of the molecule is COc1ccc(C)cc1NC(=O)C(C)OC(=O)c1cccc(S(=O)(=O)NCC(F)(F)F)c1. The maximum absolute atomic E-state index is 12.4. The summed E-state index contributed by atoms with van der Waals surface area (Å²) in [5.74, 6) is -1.30. The number of nitrogens with one attached hydrogen (secondary N) is 2. The molecule has 0 aromatic heterocycles. The molecule has 174 valence electrons. The van der Waals surface area contributed by atoms with Crippen molar-refractivity contribution in [3.8, 4) is 5.75 Å². The molecule has 0 aliphatic heterocycles. The third kappa shape index (κ3) is 6.95. The fourth-order valence-corrected chi connectivity index (χ4v) is 3.55. The third-order valence-electron chi connectivity index (χ3n) is 4.11. The largest absolute Gasteiger partial charge is 0.495 e. The predicted molar refractivity (Wildman–Crippen MR) is 109 cm³/mol. The lowest BCUT2D eigenvalue weighted by Gasteiger charge is -2.16. The van der Waals surface area contributed by atoms with Crippen molar-refractivity contribution in [2.24, 2.45) is 0 Å². The van der Waals surface area contributed by atoms with E-state index in [9.17, 15) is 31.2 Å². The van der Waals surface area contributed by atoms with Crippen molar-refractivity contribution in [3.63, 3.8) is 0 Å². The first-order valence-electron chi connectivity index (χ1n) is 9.15. The second-order valence-electron chi connectivity index (χ2n) is 6.71. The van der Waals surface area contributed by atoms with E-state index in [-0.39, 0.29) is 5.56 Å². The van der Waals surface area contributed by atoms with Gasteiger partial charge in [0.05, 0.1) is 23.3 Å². The standard InChI is InChI=1S/C20H21F3N2O6S/c1-12-7-8-17(30-3)16(9-12)25-18(26)13(2)31-19(27)14-5-4-6-15(10-14)32(28,29)24-11-20(21,22)23/h4-10,13,24H,11H2,1-3H3,(H,25,26). The van der Waals surface area contributed by atoms with Crippen LogP contribution in [0.1, 0.15) is 22.8 Å². The number of amides is 1. The highest BCUT2D eigenvalue weighted by Gasteiger charge is 2.30. The zero-order valence-electron chi connectivity index (χ0n) is 17.3. The zero-order chi connectivity index (χ0) is 24.1. The summed E-state index contributed by atoms with van der Waals surface area (Å²) in [6.45, 7) is 1.35. The van der Waals surface area contributed by atoms with Crippen LogP contribution >= 0.6 is 0 Å². The van der Waals surface area contributed by atoms with Gasteiger partial charge in [0.2, 0.25) is 10.0 Å². The molecule has 2 rings (SSSR count). The molecule has 1 unspecified atom stereocenters. The maximum atomic E-state index is 12.4. The Balaban J connectivity index is 2.10. The summed E-state index contributed by atoms with van der Waals surface area (Å²) in [5, 5.41) is 2.57. The topological polar surface area (TPSA) is 111 Å². The molecule has 8 nitrogen and oxygen atoms in total. The van der Waals surface area contributed by atoms with Crippen LogP contribution in [0, 0.1) is 6.92 Å². The smallest absolute Gasteiger partial charge is 0.402 e. The van der Waals surface area contributed by atoms with Crippen molar-refractivity contribution < 1.29 is 40.7 Å². The summed E-state index contributed by atoms with van der Waals surface area (Å²) >= 11 is 0. The third-order valence-corrected chi connectivity index (χ3v) is 5.51. The van der Waals surface area contributed by atoms with Crippen molar-refractivity contribution in [2.75, 3.05) is 19.0 Å². The molecule has 2 aromatic carbocycles. The van der Waals surface area contributed by atoms with Gasteiger partial charge < -0.3 is 14.8 Å². The van der Waals surface area contributed by atoms with E-state index in [2.05, 4.69) is 5.32 Å². The van der Waals surface area contributed by atoms with Crippen molar-refractivity contribution >= 4 is 27.6 Å². The Morgan fingerprint density at radius 3 is 2.44 bits per heavy atom. The van der Waals surface area contributed by atoms with Crippen LogP contribution in [0.3, 0.4) is 0 Å². The van der Waals surface area contributed by atoms with Crippen molar-refractivity contribution in [1.29, 1.82) is 0 Å². The molecule has 0 heterocycles. The van der Waals surface area contributed by atoms with Crippen molar-refractivity contribution in [1.82, 2.24) is 4.72 Å². The number of halogens is 3. The number of carbonyl (C=O) groups is 2. The molecule has 0 aliphatic carbocycles. The number of ether oxygens (including phenoxy) is 2. The molecule has 0 fully saturated rings. The highest BCUT2D eigenvalue weighted by Crippen LogP contribution is 2.25. The summed E-state index contributed by atoms with van der Waals surface area (Å²) in [5.41, 5.74) is 0.958. The van der Waals surface area contributed by atoms with Gasteiger partial charge in [-0.3, -0.25) is 4.79 Å². The number of alkyl halides is 3. The second-order valence-corrected chi connectivity index (χ2v) is 8.48. The number of carbonyl (C=O) groups excluding carboxylic acids is 2. The van der Waals surface area contributed by atoms with E-state index >= 15 is 0 Å². The molecule has 1 amide bonds. The van der Waals surface area contributed by atoms with Gasteiger partial charge in [0, 0.05) is 0 Å². The molecule has 0 radical (unpaired) electrons. The van der Waals surface area contributed by atoms with Crippen LogP contribution in [0.15, 0.2) is 47.4 Å². The Morgan fingerprint density at radius 1 is 1.12 bits per heavy atom. The minimum Gasteiger partial charge on any atom is -0.495 e. The number of methoxy groups -OCH3 is 1. The molecule has 0 saturated heterocycles. The first-order chi connectivity index (χ1) is 14.8. The van der Waals surface area contributed by atoms with Gasteiger partial charge >= 0.3 is 12.1 Å². The van der Waals surface area contributed by atoms with Gasteiger partial charge in [-0.05, 0) is 49.7 Å². The Hall–Kier alpha value is -3.12. The van der Waals surface area contributed by atoms with Crippen LogP contribution in [-0.2, 0) is 19.6 Å². The van der Waals surface area contributed by atoms with Crippen LogP contribution in [0.25, 0.3) is 0 Å². The normalized spacial score (nSPS) is 12.7. The van der Waals surface area contributed by atoms with Gasteiger partial charge in [0.15, 0.2) is 6.10 Å². The maximum Gasteiger partial charge on any atom is 0.402 e. The monoisotopic (exact) mass is 474 g/mol. The number of hydrogen-bond donors (Lipinski definition) is 2. The average molecular weight is 474 g/mol. The lowest BCUT2D eigenvalue weighted by molar-refractivity contribution is -0.124. The minimum absolute atomic E-state index is 0.257. The first kappa shape index (κ1) is 25.1. The molecular weight excluding hydrogens is 453 g/mol. The van der Waals surface area contributed by atoms with Gasteiger partial charge in [0.1, 0.15) is 12.3 Å². The number of esters is 1. The highest BCUT2D eigenvalue weighted by atomic mass is 32.2. The van der Waals surface area contributed by atoms with Gasteiger partial charge in [-0.1, -0.05) is 12.1 Å². The van der Waals surface area contributed by atoms with E-state index in [1.807, 2.05) is 6.92 Å². The summed E-state index contributed by atoms with van der Waals surface area (Å²) in [6, 6.07) is 9.35. The summed E-state index contributed by atoms with van der Waals surface area (Å²) in [7, 11) is -3.09. The molecule has 1 atom stereocenters. The number of rotatable bonds is 8. The fourth-order valence-electron chi connectivity index (χ4n) is 2.49. The lowest BCUT2D eigenvalue weighted by Crippen LogP contribution is -2.34. The molecule has 32 heavy (non-hydrogen) atoms. The van der Waals surface area contributed by atoms with Gasteiger partial charge in [0.25, 0.3) is 5.91 Å². The van der Waals surface area contributed by atoms with E-state index in [0.29, 0.717) is 11.4 Å². The second kappa shape index (κ2) is 10.0. The average Bonchev–Trinajstić information content (AvgIpc) is 2.72.